The minimum Gasteiger partial charge on any atom is -0.377 e. The molecule has 0 spiro atoms. The molecule has 0 aromatic heterocycles. The van der Waals surface area contributed by atoms with Crippen molar-refractivity contribution in [2.45, 2.75) is 41.0 Å². The largest absolute Gasteiger partial charge is 0.377 e. The van der Waals surface area contributed by atoms with Crippen LogP contribution in [0.2, 0.25) is 0 Å². The lowest BCUT2D eigenvalue weighted by molar-refractivity contribution is 0.158. The lowest BCUT2D eigenvalue weighted by Crippen LogP contribution is -1.96. The summed E-state index contributed by atoms with van der Waals surface area (Å²) in [5.74, 6) is 0.833. The molecule has 12 heavy (non-hydrogen) atoms. The molecular formula is C11H24O. The van der Waals surface area contributed by atoms with Crippen molar-refractivity contribution in [3.8, 4) is 0 Å². The van der Waals surface area contributed by atoms with Crippen LogP contribution in [0.5, 0.6) is 0 Å². The van der Waals surface area contributed by atoms with Crippen molar-refractivity contribution >= 4 is 0 Å². The molecule has 1 aliphatic rings. The molecule has 74 valence electrons. The van der Waals surface area contributed by atoms with E-state index in [-0.39, 0.29) is 0 Å². The summed E-state index contributed by atoms with van der Waals surface area (Å²) in [6.07, 6.45) is 5.28. The van der Waals surface area contributed by atoms with E-state index < -0.39 is 0 Å². The van der Waals surface area contributed by atoms with Gasteiger partial charge in [-0.25, -0.2) is 0 Å². The van der Waals surface area contributed by atoms with Gasteiger partial charge in [0.1, 0.15) is 0 Å². The molecule has 0 bridgehead atoms. The van der Waals surface area contributed by atoms with Gasteiger partial charge in [-0.15, -0.1) is 0 Å². The van der Waals surface area contributed by atoms with Crippen molar-refractivity contribution < 1.29 is 4.74 Å². The van der Waals surface area contributed by atoms with Gasteiger partial charge in [-0.05, 0) is 12.3 Å². The summed E-state index contributed by atoms with van der Waals surface area (Å²) < 4.78 is 4.98. The normalized spacial score (nSPS) is 14.2. The smallest absolute Gasteiger partial charge is 0.0647 e. The highest BCUT2D eigenvalue weighted by molar-refractivity contribution is 4.84. The molecule has 0 atom stereocenters. The third kappa shape index (κ3) is 22.6. The van der Waals surface area contributed by atoms with E-state index in [1.165, 1.54) is 0 Å². The van der Waals surface area contributed by atoms with E-state index in [2.05, 4.69) is 26.8 Å². The van der Waals surface area contributed by atoms with Crippen molar-refractivity contribution in [2.24, 2.45) is 5.92 Å². The minimum atomic E-state index is 0.819. The van der Waals surface area contributed by atoms with Crippen LogP contribution in [0.4, 0.5) is 0 Å². The maximum atomic E-state index is 4.98. The predicted molar refractivity (Wildman–Crippen MR) is 56.4 cm³/mol. The van der Waals surface area contributed by atoms with Gasteiger partial charge in [0.05, 0.1) is 13.2 Å². The van der Waals surface area contributed by atoms with Gasteiger partial charge in [-0.1, -0.05) is 46.8 Å². The SMILES string of the molecule is C1=CCOCC1.CC.CC(C)C. The van der Waals surface area contributed by atoms with E-state index in [0.717, 1.165) is 25.6 Å². The fourth-order valence-corrected chi connectivity index (χ4v) is 0.489. The summed E-state index contributed by atoms with van der Waals surface area (Å²) in [5.41, 5.74) is 0. The van der Waals surface area contributed by atoms with Gasteiger partial charge in [0.25, 0.3) is 0 Å². The van der Waals surface area contributed by atoms with Crippen molar-refractivity contribution in [1.82, 2.24) is 0 Å². The summed E-state index contributed by atoms with van der Waals surface area (Å²) in [6, 6.07) is 0. The van der Waals surface area contributed by atoms with Gasteiger partial charge in [0.15, 0.2) is 0 Å². The van der Waals surface area contributed by atoms with Crippen LogP contribution in [-0.4, -0.2) is 13.2 Å². The standard InChI is InChI=1S/C5H8O.C4H10.C2H6/c1-2-4-6-5-3-1;1-4(2)3;1-2/h1-2H,3-5H2;4H,1-3H3;1-2H3. The van der Waals surface area contributed by atoms with E-state index >= 15 is 0 Å². The monoisotopic (exact) mass is 172 g/mol. The Morgan fingerprint density at radius 3 is 1.67 bits per heavy atom. The van der Waals surface area contributed by atoms with Crippen LogP contribution in [0.1, 0.15) is 41.0 Å². The van der Waals surface area contributed by atoms with Crippen LogP contribution in [0.15, 0.2) is 12.2 Å². The highest BCUT2D eigenvalue weighted by Crippen LogP contribution is 1.91. The van der Waals surface area contributed by atoms with Crippen molar-refractivity contribution in [3.05, 3.63) is 12.2 Å². The zero-order valence-electron chi connectivity index (χ0n) is 9.26. The van der Waals surface area contributed by atoms with Gasteiger partial charge >= 0.3 is 0 Å². The number of hydrogen-bond acceptors (Lipinski definition) is 1. The van der Waals surface area contributed by atoms with Crippen LogP contribution in [0.25, 0.3) is 0 Å². The van der Waals surface area contributed by atoms with Crippen LogP contribution >= 0.6 is 0 Å². The predicted octanol–water partition coefficient (Wildman–Crippen LogP) is 3.65. The maximum Gasteiger partial charge on any atom is 0.0647 e. The molecule has 0 unspecified atom stereocenters. The molecular weight excluding hydrogens is 148 g/mol. The van der Waals surface area contributed by atoms with Crippen LogP contribution in [0.3, 0.4) is 0 Å². The van der Waals surface area contributed by atoms with Gasteiger partial charge in [0, 0.05) is 0 Å². The Bertz CT molecular complexity index is 74.3. The van der Waals surface area contributed by atoms with Crippen molar-refractivity contribution in [2.75, 3.05) is 13.2 Å². The summed E-state index contributed by atoms with van der Waals surface area (Å²) in [4.78, 5) is 0. The molecule has 0 fully saturated rings. The first kappa shape index (κ1) is 14.2. The van der Waals surface area contributed by atoms with E-state index in [1.54, 1.807) is 0 Å². The number of ether oxygens (including phenoxy) is 1. The highest BCUT2D eigenvalue weighted by Gasteiger charge is 1.85. The van der Waals surface area contributed by atoms with Gasteiger partial charge in [-0.2, -0.15) is 0 Å². The first-order chi connectivity index (χ1) is 5.73. The van der Waals surface area contributed by atoms with Gasteiger partial charge < -0.3 is 4.74 Å². The Labute approximate surface area is 77.8 Å². The van der Waals surface area contributed by atoms with E-state index in [1.807, 2.05) is 19.9 Å². The Balaban J connectivity index is 0. The molecule has 0 N–H and O–H groups in total. The second-order valence-corrected chi connectivity index (χ2v) is 3.07. The molecule has 0 aromatic rings. The summed E-state index contributed by atoms with van der Waals surface area (Å²) >= 11 is 0. The second-order valence-electron chi connectivity index (χ2n) is 3.07. The summed E-state index contributed by atoms with van der Waals surface area (Å²) in [5, 5.41) is 0. The average Bonchev–Trinajstić information content (AvgIpc) is 2.10. The van der Waals surface area contributed by atoms with E-state index in [4.69, 9.17) is 4.74 Å². The Morgan fingerprint density at radius 2 is 1.58 bits per heavy atom. The minimum absolute atomic E-state index is 0.819. The molecule has 1 heteroatoms. The third-order valence-corrected chi connectivity index (χ3v) is 0.810. The van der Waals surface area contributed by atoms with Crippen LogP contribution < -0.4 is 0 Å². The second kappa shape index (κ2) is 13.3. The Hall–Kier alpha value is -0.300. The third-order valence-electron chi connectivity index (χ3n) is 0.810. The number of hydrogen-bond donors (Lipinski definition) is 0. The first-order valence-electron chi connectivity index (χ1n) is 4.96. The molecule has 1 aliphatic heterocycles. The number of rotatable bonds is 0. The van der Waals surface area contributed by atoms with Crippen LogP contribution in [0, 0.1) is 5.92 Å². The Morgan fingerprint density at radius 1 is 1.08 bits per heavy atom. The van der Waals surface area contributed by atoms with E-state index in [0.29, 0.717) is 0 Å². The molecule has 1 rings (SSSR count). The van der Waals surface area contributed by atoms with Gasteiger partial charge in [0.2, 0.25) is 0 Å². The van der Waals surface area contributed by atoms with Gasteiger partial charge in [-0.3, -0.25) is 0 Å². The lowest BCUT2D eigenvalue weighted by Gasteiger charge is -2.00. The molecule has 0 saturated heterocycles. The lowest BCUT2D eigenvalue weighted by atomic mass is 10.3. The molecule has 0 saturated carbocycles. The Kier molecular flexibility index (Phi) is 15.8. The fraction of sp³-hybridized carbons (Fsp3) is 0.818. The quantitative estimate of drug-likeness (QED) is 0.507. The zero-order chi connectivity index (χ0) is 9.82. The summed E-state index contributed by atoms with van der Waals surface area (Å²) in [7, 11) is 0. The van der Waals surface area contributed by atoms with Crippen molar-refractivity contribution in [1.29, 1.82) is 0 Å². The molecule has 0 amide bonds. The average molecular weight is 172 g/mol. The topological polar surface area (TPSA) is 9.23 Å². The molecule has 0 aromatic carbocycles. The van der Waals surface area contributed by atoms with Crippen molar-refractivity contribution in [3.63, 3.8) is 0 Å². The molecule has 1 heterocycles. The summed E-state index contributed by atoms with van der Waals surface area (Å²) in [6.45, 7) is 12.2. The molecule has 0 radical (unpaired) electrons. The maximum absolute atomic E-state index is 4.98. The zero-order valence-corrected chi connectivity index (χ0v) is 9.26. The fourth-order valence-electron chi connectivity index (χ4n) is 0.489. The van der Waals surface area contributed by atoms with Crippen LogP contribution in [-0.2, 0) is 4.74 Å². The highest BCUT2D eigenvalue weighted by atomic mass is 16.5. The molecule has 1 nitrogen and oxygen atoms in total. The molecule has 0 aliphatic carbocycles. The van der Waals surface area contributed by atoms with E-state index in [9.17, 15) is 0 Å². The first-order valence-corrected chi connectivity index (χ1v) is 4.96.